The van der Waals surface area contributed by atoms with E-state index in [-0.39, 0.29) is 0 Å². The van der Waals surface area contributed by atoms with Crippen molar-refractivity contribution in [3.63, 3.8) is 0 Å². The third kappa shape index (κ3) is 2.79. The maximum Gasteiger partial charge on any atom is 0.164 e. The van der Waals surface area contributed by atoms with E-state index in [1.807, 2.05) is 37.3 Å². The van der Waals surface area contributed by atoms with Crippen molar-refractivity contribution in [2.45, 2.75) is 6.92 Å². The van der Waals surface area contributed by atoms with E-state index in [1.165, 1.54) is 20.2 Å². The van der Waals surface area contributed by atoms with Crippen LogP contribution in [-0.2, 0) is 0 Å². The van der Waals surface area contributed by atoms with Crippen LogP contribution in [0.5, 0.6) is 0 Å². The fourth-order valence-corrected chi connectivity index (χ4v) is 5.78. The Labute approximate surface area is 193 Å². The lowest BCUT2D eigenvalue weighted by Crippen LogP contribution is -2.00. The normalized spacial score (nSPS) is 11.8. The van der Waals surface area contributed by atoms with Gasteiger partial charge in [0, 0.05) is 42.1 Å². The summed E-state index contributed by atoms with van der Waals surface area (Å²) in [4.78, 5) is 14.5. The average molecular weight is 444 g/mol. The van der Waals surface area contributed by atoms with Crippen LogP contribution >= 0.6 is 11.3 Å². The SMILES string of the molecule is Cc1nc(-c2cccc3oc4ccccc4c23)nc(-c2cccc3sc4ccccc4c23)n1. The number of rotatable bonds is 2. The first-order valence-electron chi connectivity index (χ1n) is 10.8. The van der Waals surface area contributed by atoms with Gasteiger partial charge in [0.05, 0.1) is 0 Å². The minimum atomic E-state index is 0.659. The van der Waals surface area contributed by atoms with Crippen molar-refractivity contribution >= 4 is 53.4 Å². The van der Waals surface area contributed by atoms with E-state index in [4.69, 9.17) is 19.4 Å². The summed E-state index contributed by atoms with van der Waals surface area (Å²) in [6.45, 7) is 1.92. The van der Waals surface area contributed by atoms with Gasteiger partial charge in [0.25, 0.3) is 0 Å². The van der Waals surface area contributed by atoms with Crippen molar-refractivity contribution in [2.24, 2.45) is 0 Å². The number of thiophene rings is 1. The summed E-state index contributed by atoms with van der Waals surface area (Å²) < 4.78 is 8.58. The number of furan rings is 1. The van der Waals surface area contributed by atoms with Crippen LogP contribution in [0.3, 0.4) is 0 Å². The zero-order valence-corrected chi connectivity index (χ0v) is 18.6. The van der Waals surface area contributed by atoms with Crippen LogP contribution < -0.4 is 0 Å². The van der Waals surface area contributed by atoms with Gasteiger partial charge >= 0.3 is 0 Å². The topological polar surface area (TPSA) is 51.8 Å². The lowest BCUT2D eigenvalue weighted by Gasteiger charge is -2.08. The number of para-hydroxylation sites is 1. The molecule has 0 aliphatic carbocycles. The second kappa shape index (κ2) is 6.95. The molecule has 156 valence electrons. The summed E-state index contributed by atoms with van der Waals surface area (Å²) in [5, 5.41) is 4.52. The summed E-state index contributed by atoms with van der Waals surface area (Å²) in [5.41, 5.74) is 3.67. The van der Waals surface area contributed by atoms with Crippen LogP contribution in [0.25, 0.3) is 64.9 Å². The number of fused-ring (bicyclic) bond motifs is 6. The molecule has 3 heterocycles. The van der Waals surface area contributed by atoms with Gasteiger partial charge in [-0.05, 0) is 31.2 Å². The maximum absolute atomic E-state index is 6.09. The quantitative estimate of drug-likeness (QED) is 0.274. The molecule has 3 aromatic heterocycles. The Morgan fingerprint density at radius 3 is 2.06 bits per heavy atom. The number of aryl methyl sites for hydroxylation is 1. The van der Waals surface area contributed by atoms with Crippen molar-refractivity contribution in [1.82, 2.24) is 15.0 Å². The molecule has 0 spiro atoms. The molecule has 0 saturated heterocycles. The molecule has 0 radical (unpaired) electrons. The molecule has 7 rings (SSSR count). The number of hydrogen-bond donors (Lipinski definition) is 0. The molecule has 5 heteroatoms. The van der Waals surface area contributed by atoms with Gasteiger partial charge in [-0.2, -0.15) is 0 Å². The molecule has 0 unspecified atom stereocenters. The van der Waals surface area contributed by atoms with Crippen LogP contribution in [-0.4, -0.2) is 15.0 Å². The fraction of sp³-hybridized carbons (Fsp3) is 0.0357. The van der Waals surface area contributed by atoms with Gasteiger partial charge in [-0.1, -0.05) is 60.7 Å². The number of benzene rings is 4. The van der Waals surface area contributed by atoms with Gasteiger partial charge in [0.15, 0.2) is 11.6 Å². The van der Waals surface area contributed by atoms with E-state index in [0.29, 0.717) is 17.5 Å². The first kappa shape index (κ1) is 18.5. The minimum Gasteiger partial charge on any atom is -0.456 e. The second-order valence-corrected chi connectivity index (χ2v) is 9.17. The molecule has 0 atom stereocenters. The summed E-state index contributed by atoms with van der Waals surface area (Å²) >= 11 is 1.80. The Bertz CT molecular complexity index is 1720. The molecule has 0 amide bonds. The number of nitrogens with zero attached hydrogens (tertiary/aromatic N) is 3. The standard InChI is InChI=1S/C28H17N3OS/c1-16-29-27(19-10-6-13-22-25(19)17-8-2-4-12-21(17)32-22)31-28(30-16)20-11-7-15-24-26(20)18-9-3-5-14-23(18)33-24/h2-15H,1H3. The smallest absolute Gasteiger partial charge is 0.164 e. The van der Waals surface area contributed by atoms with Gasteiger partial charge in [0.2, 0.25) is 0 Å². The zero-order chi connectivity index (χ0) is 21.9. The highest BCUT2D eigenvalue weighted by atomic mass is 32.1. The largest absolute Gasteiger partial charge is 0.456 e. The first-order chi connectivity index (χ1) is 16.3. The Morgan fingerprint density at radius 2 is 1.21 bits per heavy atom. The van der Waals surface area contributed by atoms with Crippen molar-refractivity contribution in [3.8, 4) is 22.8 Å². The van der Waals surface area contributed by atoms with E-state index < -0.39 is 0 Å². The summed E-state index contributed by atoms with van der Waals surface area (Å²) in [6, 6.07) is 29.0. The van der Waals surface area contributed by atoms with Crippen LogP contribution in [0.1, 0.15) is 5.82 Å². The fourth-order valence-electron chi connectivity index (χ4n) is 4.64. The van der Waals surface area contributed by atoms with Gasteiger partial charge in [-0.25, -0.2) is 15.0 Å². The molecule has 0 saturated carbocycles. The number of aromatic nitrogens is 3. The van der Waals surface area contributed by atoms with Crippen LogP contribution in [0.2, 0.25) is 0 Å². The van der Waals surface area contributed by atoms with Crippen molar-refractivity contribution < 1.29 is 4.42 Å². The monoisotopic (exact) mass is 443 g/mol. The predicted molar refractivity (Wildman–Crippen MR) is 136 cm³/mol. The summed E-state index contributed by atoms with van der Waals surface area (Å²) in [5.74, 6) is 2.04. The Kier molecular flexibility index (Phi) is 3.89. The first-order valence-corrected chi connectivity index (χ1v) is 11.6. The molecule has 0 aliphatic heterocycles. The third-order valence-electron chi connectivity index (χ3n) is 6.03. The second-order valence-electron chi connectivity index (χ2n) is 8.08. The summed E-state index contributed by atoms with van der Waals surface area (Å²) in [6.07, 6.45) is 0. The van der Waals surface area contributed by atoms with Crippen molar-refractivity contribution in [1.29, 1.82) is 0 Å². The molecular formula is C28H17N3OS. The lowest BCUT2D eigenvalue weighted by atomic mass is 10.0. The van der Waals surface area contributed by atoms with Crippen LogP contribution in [0.15, 0.2) is 89.3 Å². The van der Waals surface area contributed by atoms with Crippen molar-refractivity contribution in [2.75, 3.05) is 0 Å². The third-order valence-corrected chi connectivity index (χ3v) is 7.17. The highest BCUT2D eigenvalue weighted by molar-refractivity contribution is 7.25. The Balaban J connectivity index is 1.52. The molecule has 7 aromatic rings. The molecule has 4 nitrogen and oxygen atoms in total. The van der Waals surface area contributed by atoms with Crippen LogP contribution in [0.4, 0.5) is 0 Å². The van der Waals surface area contributed by atoms with E-state index >= 15 is 0 Å². The molecule has 0 bridgehead atoms. The van der Waals surface area contributed by atoms with Gasteiger partial charge < -0.3 is 4.42 Å². The number of hydrogen-bond acceptors (Lipinski definition) is 5. The molecule has 0 N–H and O–H groups in total. The van der Waals surface area contributed by atoms with E-state index in [0.717, 1.165) is 33.1 Å². The average Bonchev–Trinajstić information content (AvgIpc) is 3.42. The Hall–Kier alpha value is -4.09. The highest BCUT2D eigenvalue weighted by Gasteiger charge is 2.18. The Morgan fingerprint density at radius 1 is 0.576 bits per heavy atom. The van der Waals surface area contributed by atoms with Gasteiger partial charge in [-0.3, -0.25) is 0 Å². The van der Waals surface area contributed by atoms with Gasteiger partial charge in [-0.15, -0.1) is 11.3 Å². The maximum atomic E-state index is 6.09. The minimum absolute atomic E-state index is 0.659. The van der Waals surface area contributed by atoms with Crippen LogP contribution in [0, 0.1) is 6.92 Å². The van der Waals surface area contributed by atoms with Gasteiger partial charge in [0.1, 0.15) is 17.0 Å². The lowest BCUT2D eigenvalue weighted by molar-refractivity contribution is 0.669. The van der Waals surface area contributed by atoms with Crippen molar-refractivity contribution in [3.05, 3.63) is 90.8 Å². The van der Waals surface area contributed by atoms with E-state index in [2.05, 4.69) is 54.6 Å². The van der Waals surface area contributed by atoms with E-state index in [9.17, 15) is 0 Å². The molecule has 33 heavy (non-hydrogen) atoms. The molecule has 0 fully saturated rings. The van der Waals surface area contributed by atoms with E-state index in [1.54, 1.807) is 11.3 Å². The summed E-state index contributed by atoms with van der Waals surface area (Å²) in [7, 11) is 0. The zero-order valence-electron chi connectivity index (χ0n) is 17.7. The predicted octanol–water partition coefficient (Wildman–Crippen LogP) is 7.78. The highest BCUT2D eigenvalue weighted by Crippen LogP contribution is 2.40. The molecule has 0 aliphatic rings. The molecule has 4 aromatic carbocycles. The molecular weight excluding hydrogens is 426 g/mol.